The number of hydrogen-bond acceptors (Lipinski definition) is 4. The molecule has 1 aromatic rings. The van der Waals surface area contributed by atoms with E-state index in [1.165, 1.54) is 11.8 Å². The van der Waals surface area contributed by atoms with E-state index >= 15 is 0 Å². The summed E-state index contributed by atoms with van der Waals surface area (Å²) in [4.78, 5) is 25.5. The first-order valence-electron chi connectivity index (χ1n) is 3.68. The van der Waals surface area contributed by atoms with Gasteiger partial charge in [0.1, 0.15) is 5.82 Å². The van der Waals surface area contributed by atoms with Gasteiger partial charge in [0.15, 0.2) is 0 Å². The molecule has 2 heterocycles. The lowest BCUT2D eigenvalue weighted by Crippen LogP contribution is -2.03. The first-order valence-corrected chi connectivity index (χ1v) is 4.66. The average Bonchev–Trinajstić information content (AvgIpc) is 2.50. The number of anilines is 1. The van der Waals surface area contributed by atoms with Crippen LogP contribution >= 0.6 is 11.8 Å². The molecule has 5 heteroatoms. The Bertz CT molecular complexity index is 378. The fraction of sp³-hybridized carbons (Fsp3) is 0.125. The molecular weight excluding hydrogens is 188 g/mol. The van der Waals surface area contributed by atoms with Crippen LogP contribution in [0.15, 0.2) is 12.3 Å². The van der Waals surface area contributed by atoms with Crippen LogP contribution in [-0.4, -0.2) is 16.5 Å². The third kappa shape index (κ3) is 1.31. The SMILES string of the molecule is O=CNc1nccc2c1C(=O)SC2. The second-order valence-corrected chi connectivity index (χ2v) is 3.48. The second-order valence-electron chi connectivity index (χ2n) is 2.53. The number of nitrogens with one attached hydrogen (secondary N) is 1. The molecule has 4 nitrogen and oxygen atoms in total. The van der Waals surface area contributed by atoms with Crippen molar-refractivity contribution in [2.75, 3.05) is 5.32 Å². The van der Waals surface area contributed by atoms with Gasteiger partial charge in [0, 0.05) is 11.9 Å². The predicted molar refractivity (Wildman–Crippen MR) is 49.5 cm³/mol. The smallest absolute Gasteiger partial charge is 0.223 e. The number of nitrogens with zero attached hydrogens (tertiary/aromatic N) is 1. The highest BCUT2D eigenvalue weighted by molar-refractivity contribution is 8.14. The Kier molecular flexibility index (Phi) is 2.02. The van der Waals surface area contributed by atoms with Gasteiger partial charge in [-0.2, -0.15) is 0 Å². The minimum atomic E-state index is -0.0209. The van der Waals surface area contributed by atoms with Crippen LogP contribution in [0.5, 0.6) is 0 Å². The molecule has 0 saturated carbocycles. The summed E-state index contributed by atoms with van der Waals surface area (Å²) in [5, 5.41) is 2.39. The predicted octanol–water partition coefficient (Wildman–Crippen LogP) is 1.04. The van der Waals surface area contributed by atoms with E-state index in [0.717, 1.165) is 5.56 Å². The van der Waals surface area contributed by atoms with Crippen molar-refractivity contribution in [1.29, 1.82) is 0 Å². The molecule has 1 aliphatic heterocycles. The molecule has 0 aliphatic carbocycles. The Morgan fingerprint density at radius 3 is 3.23 bits per heavy atom. The summed E-state index contributed by atoms with van der Waals surface area (Å²) in [6.45, 7) is 0. The molecule has 0 radical (unpaired) electrons. The van der Waals surface area contributed by atoms with E-state index in [-0.39, 0.29) is 5.12 Å². The molecule has 1 aliphatic rings. The minimum Gasteiger partial charge on any atom is -0.313 e. The summed E-state index contributed by atoms with van der Waals surface area (Å²) >= 11 is 1.23. The van der Waals surface area contributed by atoms with Gasteiger partial charge in [-0.3, -0.25) is 9.59 Å². The van der Waals surface area contributed by atoms with Crippen molar-refractivity contribution in [3.63, 3.8) is 0 Å². The number of amides is 1. The van der Waals surface area contributed by atoms with Crippen LogP contribution in [0.2, 0.25) is 0 Å². The highest BCUT2D eigenvalue weighted by Gasteiger charge is 2.24. The van der Waals surface area contributed by atoms with Crippen molar-refractivity contribution in [3.8, 4) is 0 Å². The first-order chi connectivity index (χ1) is 6.33. The highest BCUT2D eigenvalue weighted by Crippen LogP contribution is 2.33. The molecule has 0 bridgehead atoms. The minimum absolute atomic E-state index is 0.0209. The highest BCUT2D eigenvalue weighted by atomic mass is 32.2. The number of hydrogen-bond donors (Lipinski definition) is 1. The van der Waals surface area contributed by atoms with Gasteiger partial charge in [-0.1, -0.05) is 11.8 Å². The van der Waals surface area contributed by atoms with Crippen molar-refractivity contribution < 1.29 is 9.59 Å². The average molecular weight is 194 g/mol. The van der Waals surface area contributed by atoms with Crippen LogP contribution in [0.1, 0.15) is 15.9 Å². The summed E-state index contributed by atoms with van der Waals surface area (Å²) in [5.74, 6) is 1.03. The molecule has 2 rings (SSSR count). The third-order valence-electron chi connectivity index (χ3n) is 1.80. The molecule has 1 N–H and O–H groups in total. The largest absolute Gasteiger partial charge is 0.313 e. The topological polar surface area (TPSA) is 59.1 Å². The molecular formula is C8H6N2O2S. The molecule has 0 fully saturated rings. The molecule has 0 spiro atoms. The van der Waals surface area contributed by atoms with Crippen LogP contribution in [0.4, 0.5) is 5.82 Å². The maximum atomic E-state index is 11.3. The maximum absolute atomic E-state index is 11.3. The Labute approximate surface area is 78.7 Å². The van der Waals surface area contributed by atoms with Crippen LogP contribution in [0.3, 0.4) is 0 Å². The summed E-state index contributed by atoms with van der Waals surface area (Å²) in [6, 6.07) is 1.79. The van der Waals surface area contributed by atoms with Gasteiger partial charge < -0.3 is 5.32 Å². The number of aromatic nitrogens is 1. The van der Waals surface area contributed by atoms with Crippen molar-refractivity contribution >= 4 is 29.1 Å². The van der Waals surface area contributed by atoms with Crippen LogP contribution in [-0.2, 0) is 10.5 Å². The molecule has 0 saturated heterocycles. The van der Waals surface area contributed by atoms with Crippen LogP contribution in [0.25, 0.3) is 0 Å². The summed E-state index contributed by atoms with van der Waals surface area (Å²) in [5.41, 5.74) is 1.48. The van der Waals surface area contributed by atoms with Gasteiger partial charge in [-0.15, -0.1) is 0 Å². The number of fused-ring (bicyclic) bond motifs is 1. The van der Waals surface area contributed by atoms with E-state index < -0.39 is 0 Å². The first kappa shape index (κ1) is 8.25. The fourth-order valence-corrected chi connectivity index (χ4v) is 2.13. The molecule has 0 aromatic carbocycles. The lowest BCUT2D eigenvalue weighted by molar-refractivity contribution is -0.105. The van der Waals surface area contributed by atoms with Crippen molar-refractivity contribution in [2.24, 2.45) is 0 Å². The quantitative estimate of drug-likeness (QED) is 0.714. The van der Waals surface area contributed by atoms with E-state index in [0.29, 0.717) is 23.5 Å². The lowest BCUT2D eigenvalue weighted by atomic mass is 10.1. The zero-order valence-electron chi connectivity index (χ0n) is 6.61. The summed E-state index contributed by atoms with van der Waals surface area (Å²) in [7, 11) is 0. The standard InChI is InChI=1S/C8H6N2O2S/c11-4-10-7-6-5(1-2-9-7)3-13-8(6)12/h1-2,4H,3H2,(H,9,10,11). The van der Waals surface area contributed by atoms with Gasteiger partial charge in [0.2, 0.25) is 11.5 Å². The summed E-state index contributed by atoms with van der Waals surface area (Å²) in [6.07, 6.45) is 2.11. The van der Waals surface area contributed by atoms with E-state index in [4.69, 9.17) is 0 Å². The normalized spacial score (nSPS) is 14.0. The van der Waals surface area contributed by atoms with E-state index in [9.17, 15) is 9.59 Å². The molecule has 13 heavy (non-hydrogen) atoms. The number of carbonyl (C=O) groups excluding carboxylic acids is 2. The van der Waals surface area contributed by atoms with Crippen molar-refractivity contribution in [1.82, 2.24) is 4.98 Å². The van der Waals surface area contributed by atoms with E-state index in [2.05, 4.69) is 10.3 Å². The van der Waals surface area contributed by atoms with Crippen molar-refractivity contribution in [2.45, 2.75) is 5.75 Å². The lowest BCUT2D eigenvalue weighted by Gasteiger charge is -2.01. The zero-order valence-corrected chi connectivity index (χ0v) is 7.43. The zero-order chi connectivity index (χ0) is 9.26. The maximum Gasteiger partial charge on any atom is 0.223 e. The fourth-order valence-electron chi connectivity index (χ4n) is 1.23. The van der Waals surface area contributed by atoms with Crippen LogP contribution < -0.4 is 5.32 Å². The third-order valence-corrected chi connectivity index (χ3v) is 2.72. The number of pyridine rings is 1. The molecule has 1 aromatic heterocycles. The van der Waals surface area contributed by atoms with Gasteiger partial charge in [-0.25, -0.2) is 4.98 Å². The monoisotopic (exact) mass is 194 g/mol. The number of rotatable bonds is 2. The second kappa shape index (κ2) is 3.18. The molecule has 1 amide bonds. The van der Waals surface area contributed by atoms with Crippen LogP contribution in [0, 0.1) is 0 Å². The Balaban J connectivity index is 2.52. The Morgan fingerprint density at radius 2 is 2.46 bits per heavy atom. The summed E-state index contributed by atoms with van der Waals surface area (Å²) < 4.78 is 0. The van der Waals surface area contributed by atoms with E-state index in [1.54, 1.807) is 12.3 Å². The van der Waals surface area contributed by atoms with Gasteiger partial charge >= 0.3 is 0 Å². The van der Waals surface area contributed by atoms with Gasteiger partial charge in [-0.05, 0) is 11.6 Å². The molecule has 0 atom stereocenters. The molecule has 66 valence electrons. The van der Waals surface area contributed by atoms with Gasteiger partial charge in [0.05, 0.1) is 5.56 Å². The Morgan fingerprint density at radius 1 is 1.62 bits per heavy atom. The number of carbonyl (C=O) groups is 2. The Hall–Kier alpha value is -1.36. The molecule has 0 unspecified atom stereocenters. The number of thioether (sulfide) groups is 1. The van der Waals surface area contributed by atoms with Gasteiger partial charge in [0.25, 0.3) is 0 Å². The van der Waals surface area contributed by atoms with E-state index in [1.807, 2.05) is 0 Å². The van der Waals surface area contributed by atoms with Crippen molar-refractivity contribution in [3.05, 3.63) is 23.4 Å².